The van der Waals surface area contributed by atoms with E-state index >= 15 is 0 Å². The van der Waals surface area contributed by atoms with Crippen molar-refractivity contribution in [2.45, 2.75) is 19.4 Å². The van der Waals surface area contributed by atoms with Crippen molar-refractivity contribution in [2.24, 2.45) is 0 Å². The van der Waals surface area contributed by atoms with Crippen LogP contribution in [-0.2, 0) is 17.8 Å². The molecule has 0 aliphatic heterocycles. The van der Waals surface area contributed by atoms with Gasteiger partial charge in [0.1, 0.15) is 5.82 Å². The Hall–Kier alpha value is -2.66. The van der Waals surface area contributed by atoms with Crippen molar-refractivity contribution in [3.63, 3.8) is 0 Å². The van der Waals surface area contributed by atoms with Crippen molar-refractivity contribution in [3.05, 3.63) is 71.7 Å². The van der Waals surface area contributed by atoms with Gasteiger partial charge in [-0.05, 0) is 35.7 Å². The maximum Gasteiger partial charge on any atom is 0.221 e. The van der Waals surface area contributed by atoms with E-state index in [1.807, 2.05) is 24.4 Å². The summed E-state index contributed by atoms with van der Waals surface area (Å²) in [5.41, 5.74) is 3.33. The molecule has 0 spiro atoms. The summed E-state index contributed by atoms with van der Waals surface area (Å²) in [7, 11) is 0. The van der Waals surface area contributed by atoms with Crippen LogP contribution in [0.4, 0.5) is 4.39 Å². The largest absolute Gasteiger partial charge is 0.361 e. The molecule has 25 heavy (non-hydrogen) atoms. The first-order valence-electron chi connectivity index (χ1n) is 8.49. The van der Waals surface area contributed by atoms with Crippen LogP contribution in [0.15, 0.2) is 54.7 Å². The van der Waals surface area contributed by atoms with Crippen LogP contribution < -0.4 is 10.6 Å². The number of fused-ring (bicyclic) bond motifs is 1. The quantitative estimate of drug-likeness (QED) is 0.552. The molecule has 0 aliphatic rings. The van der Waals surface area contributed by atoms with Gasteiger partial charge in [-0.3, -0.25) is 4.79 Å². The molecular formula is C20H22FN3O. The molecule has 2 aromatic carbocycles. The lowest BCUT2D eigenvalue weighted by atomic mass is 10.1. The van der Waals surface area contributed by atoms with Gasteiger partial charge in [0.15, 0.2) is 0 Å². The Labute approximate surface area is 146 Å². The van der Waals surface area contributed by atoms with E-state index in [0.29, 0.717) is 26.1 Å². The van der Waals surface area contributed by atoms with Crippen LogP contribution in [0.2, 0.25) is 0 Å². The standard InChI is InChI=1S/C20H22FN3O/c21-17-7-5-15(6-8-17)13-22-11-10-20(25)23-12-9-16-14-24-19-4-2-1-3-18(16)19/h1-8,14,22,24H,9-13H2,(H,23,25). The van der Waals surface area contributed by atoms with Crippen LogP contribution in [0.3, 0.4) is 0 Å². The number of halogens is 1. The number of nitrogens with one attached hydrogen (secondary N) is 3. The molecule has 0 bridgehead atoms. The zero-order valence-electron chi connectivity index (χ0n) is 14.0. The lowest BCUT2D eigenvalue weighted by molar-refractivity contribution is -0.120. The maximum atomic E-state index is 12.8. The maximum absolute atomic E-state index is 12.8. The van der Waals surface area contributed by atoms with Crippen molar-refractivity contribution in [1.29, 1.82) is 0 Å². The molecule has 5 heteroatoms. The molecule has 4 nitrogen and oxygen atoms in total. The molecule has 3 aromatic rings. The highest BCUT2D eigenvalue weighted by molar-refractivity contribution is 5.83. The second kappa shape index (κ2) is 8.44. The van der Waals surface area contributed by atoms with E-state index in [1.54, 1.807) is 12.1 Å². The molecule has 0 atom stereocenters. The highest BCUT2D eigenvalue weighted by Gasteiger charge is 2.04. The molecule has 1 aromatic heterocycles. The average Bonchev–Trinajstić information content (AvgIpc) is 3.04. The minimum absolute atomic E-state index is 0.0337. The Morgan fingerprint density at radius 1 is 1.04 bits per heavy atom. The molecule has 0 saturated heterocycles. The van der Waals surface area contributed by atoms with Crippen molar-refractivity contribution in [2.75, 3.05) is 13.1 Å². The Morgan fingerprint density at radius 2 is 1.84 bits per heavy atom. The molecule has 3 N–H and O–H groups in total. The first-order chi connectivity index (χ1) is 12.2. The van der Waals surface area contributed by atoms with Crippen LogP contribution in [-0.4, -0.2) is 24.0 Å². The molecule has 0 fully saturated rings. The summed E-state index contributed by atoms with van der Waals surface area (Å²) < 4.78 is 12.8. The molecular weight excluding hydrogens is 317 g/mol. The van der Waals surface area contributed by atoms with E-state index in [4.69, 9.17) is 0 Å². The van der Waals surface area contributed by atoms with Crippen molar-refractivity contribution >= 4 is 16.8 Å². The Kier molecular flexibility index (Phi) is 5.80. The number of carbonyl (C=O) groups excluding carboxylic acids is 1. The third-order valence-corrected chi connectivity index (χ3v) is 4.16. The molecule has 0 saturated carbocycles. The number of aromatic amines is 1. The first-order valence-corrected chi connectivity index (χ1v) is 8.49. The molecule has 0 radical (unpaired) electrons. The Morgan fingerprint density at radius 3 is 2.68 bits per heavy atom. The normalized spacial score (nSPS) is 10.9. The number of aromatic nitrogens is 1. The van der Waals surface area contributed by atoms with E-state index < -0.39 is 0 Å². The van der Waals surface area contributed by atoms with Gasteiger partial charge in [0.05, 0.1) is 0 Å². The highest BCUT2D eigenvalue weighted by atomic mass is 19.1. The van der Waals surface area contributed by atoms with Gasteiger partial charge in [0.2, 0.25) is 5.91 Å². The molecule has 3 rings (SSSR count). The fourth-order valence-electron chi connectivity index (χ4n) is 2.80. The SMILES string of the molecule is O=C(CCNCc1ccc(F)cc1)NCCc1c[nH]c2ccccc12. The lowest BCUT2D eigenvalue weighted by Crippen LogP contribution is -2.29. The van der Waals surface area contributed by atoms with Crippen molar-refractivity contribution < 1.29 is 9.18 Å². The van der Waals surface area contributed by atoms with Crippen LogP contribution in [0.25, 0.3) is 10.9 Å². The van der Waals surface area contributed by atoms with E-state index in [9.17, 15) is 9.18 Å². The number of para-hydroxylation sites is 1. The summed E-state index contributed by atoms with van der Waals surface area (Å²) in [5, 5.41) is 7.35. The van der Waals surface area contributed by atoms with E-state index in [-0.39, 0.29) is 11.7 Å². The average molecular weight is 339 g/mol. The van der Waals surface area contributed by atoms with Gasteiger partial charge < -0.3 is 15.6 Å². The van der Waals surface area contributed by atoms with Crippen molar-refractivity contribution in [3.8, 4) is 0 Å². The topological polar surface area (TPSA) is 56.9 Å². The molecule has 0 aliphatic carbocycles. The number of benzene rings is 2. The zero-order chi connectivity index (χ0) is 17.5. The van der Waals surface area contributed by atoms with Gasteiger partial charge in [-0.1, -0.05) is 30.3 Å². The molecule has 0 unspecified atom stereocenters. The summed E-state index contributed by atoms with van der Waals surface area (Å²) in [6.45, 7) is 1.85. The van der Waals surface area contributed by atoms with Gasteiger partial charge in [-0.2, -0.15) is 0 Å². The van der Waals surface area contributed by atoms with Crippen LogP contribution in [0.1, 0.15) is 17.5 Å². The zero-order valence-corrected chi connectivity index (χ0v) is 14.0. The smallest absolute Gasteiger partial charge is 0.221 e. The third-order valence-electron chi connectivity index (χ3n) is 4.16. The van der Waals surface area contributed by atoms with Gasteiger partial charge in [-0.15, -0.1) is 0 Å². The Bertz CT molecular complexity index is 826. The first kappa shape index (κ1) is 17.2. The number of carbonyl (C=O) groups is 1. The second-order valence-corrected chi connectivity index (χ2v) is 6.01. The van der Waals surface area contributed by atoms with Gasteiger partial charge in [-0.25, -0.2) is 4.39 Å². The number of H-pyrrole nitrogens is 1. The summed E-state index contributed by atoms with van der Waals surface area (Å²) in [6, 6.07) is 14.5. The summed E-state index contributed by atoms with van der Waals surface area (Å²) >= 11 is 0. The van der Waals surface area contributed by atoms with E-state index in [2.05, 4.69) is 21.7 Å². The van der Waals surface area contributed by atoms with Crippen LogP contribution in [0, 0.1) is 5.82 Å². The minimum Gasteiger partial charge on any atom is -0.361 e. The van der Waals surface area contributed by atoms with Crippen LogP contribution in [0.5, 0.6) is 0 Å². The van der Waals surface area contributed by atoms with E-state index in [0.717, 1.165) is 17.5 Å². The number of hydrogen-bond donors (Lipinski definition) is 3. The summed E-state index contributed by atoms with van der Waals surface area (Å²) in [5.74, 6) is -0.204. The highest BCUT2D eigenvalue weighted by Crippen LogP contribution is 2.17. The minimum atomic E-state index is -0.238. The number of hydrogen-bond acceptors (Lipinski definition) is 2. The lowest BCUT2D eigenvalue weighted by Gasteiger charge is -2.07. The number of amides is 1. The van der Waals surface area contributed by atoms with Gasteiger partial charge in [0, 0.05) is 43.2 Å². The molecule has 130 valence electrons. The predicted octanol–water partition coefficient (Wildman–Crippen LogP) is 3.15. The van der Waals surface area contributed by atoms with Crippen LogP contribution >= 0.6 is 0 Å². The van der Waals surface area contributed by atoms with Crippen molar-refractivity contribution in [1.82, 2.24) is 15.6 Å². The van der Waals surface area contributed by atoms with E-state index in [1.165, 1.54) is 23.1 Å². The van der Waals surface area contributed by atoms with Gasteiger partial charge >= 0.3 is 0 Å². The number of rotatable bonds is 8. The molecule has 1 amide bonds. The monoisotopic (exact) mass is 339 g/mol. The fourth-order valence-corrected chi connectivity index (χ4v) is 2.80. The molecule has 1 heterocycles. The third kappa shape index (κ3) is 4.90. The summed E-state index contributed by atoms with van der Waals surface area (Å²) in [6.07, 6.45) is 3.23. The Balaban J connectivity index is 1.33. The fraction of sp³-hybridized carbons (Fsp3) is 0.250. The second-order valence-electron chi connectivity index (χ2n) is 6.01. The predicted molar refractivity (Wildman–Crippen MR) is 97.7 cm³/mol. The van der Waals surface area contributed by atoms with Gasteiger partial charge in [0.25, 0.3) is 0 Å². The summed E-state index contributed by atoms with van der Waals surface area (Å²) in [4.78, 5) is 15.1.